The molecular weight excluding hydrogens is 375 g/mol. The standard InChI is InChI=1S/C16H11Cl3N2O3/c1-8(10-3-4-11(17)15(19)14(10)18)20-21-16(22)9-2-5-12-13(6-9)24-7-23-12/h2-6H,7H2,1H3,(H,21,22). The Labute approximate surface area is 153 Å². The number of nitrogens with one attached hydrogen (secondary N) is 1. The molecule has 1 amide bonds. The molecule has 0 radical (unpaired) electrons. The third kappa shape index (κ3) is 3.29. The van der Waals surface area contributed by atoms with Crippen LogP contribution in [0.3, 0.4) is 0 Å². The van der Waals surface area contributed by atoms with Gasteiger partial charge in [0.2, 0.25) is 6.79 Å². The van der Waals surface area contributed by atoms with E-state index >= 15 is 0 Å². The molecule has 0 unspecified atom stereocenters. The van der Waals surface area contributed by atoms with Crippen molar-refractivity contribution in [1.29, 1.82) is 0 Å². The molecule has 0 spiro atoms. The van der Waals surface area contributed by atoms with Crippen molar-refractivity contribution < 1.29 is 14.3 Å². The number of rotatable bonds is 3. The summed E-state index contributed by atoms with van der Waals surface area (Å²) in [6.45, 7) is 1.85. The Kier molecular flexibility index (Phi) is 4.85. The number of hydrogen-bond acceptors (Lipinski definition) is 4. The lowest BCUT2D eigenvalue weighted by atomic mass is 10.1. The minimum Gasteiger partial charge on any atom is -0.454 e. The third-order valence-electron chi connectivity index (χ3n) is 3.38. The van der Waals surface area contributed by atoms with Crippen LogP contribution in [0.2, 0.25) is 15.1 Å². The summed E-state index contributed by atoms with van der Waals surface area (Å²) in [6, 6.07) is 8.18. The fourth-order valence-electron chi connectivity index (χ4n) is 2.10. The Morgan fingerprint density at radius 2 is 1.83 bits per heavy atom. The van der Waals surface area contributed by atoms with E-state index in [1.54, 1.807) is 37.3 Å². The average Bonchev–Trinajstić information content (AvgIpc) is 3.05. The molecule has 2 aromatic carbocycles. The highest BCUT2D eigenvalue weighted by Crippen LogP contribution is 2.33. The topological polar surface area (TPSA) is 59.9 Å². The molecule has 0 aromatic heterocycles. The van der Waals surface area contributed by atoms with Crippen molar-refractivity contribution in [3.05, 3.63) is 56.5 Å². The monoisotopic (exact) mass is 384 g/mol. The van der Waals surface area contributed by atoms with Crippen molar-refractivity contribution in [3.63, 3.8) is 0 Å². The normalized spacial score (nSPS) is 13.1. The van der Waals surface area contributed by atoms with Crippen molar-refractivity contribution in [2.24, 2.45) is 5.10 Å². The van der Waals surface area contributed by atoms with Gasteiger partial charge in [-0.3, -0.25) is 4.79 Å². The van der Waals surface area contributed by atoms with Gasteiger partial charge in [-0.15, -0.1) is 0 Å². The molecular formula is C16H11Cl3N2O3. The average molecular weight is 386 g/mol. The molecule has 5 nitrogen and oxygen atoms in total. The van der Waals surface area contributed by atoms with Gasteiger partial charge in [0.05, 0.1) is 20.8 Å². The predicted octanol–water partition coefficient (Wildman–Crippen LogP) is 4.53. The highest BCUT2D eigenvalue weighted by molar-refractivity contribution is 6.49. The van der Waals surface area contributed by atoms with Crippen LogP contribution in [0.1, 0.15) is 22.8 Å². The Hall–Kier alpha value is -1.95. The molecule has 8 heteroatoms. The SMILES string of the molecule is CC(=NNC(=O)c1ccc2c(c1)OCO2)c1ccc(Cl)c(Cl)c1Cl. The maximum absolute atomic E-state index is 12.2. The van der Waals surface area contributed by atoms with Crippen molar-refractivity contribution in [2.45, 2.75) is 6.92 Å². The van der Waals surface area contributed by atoms with Crippen LogP contribution < -0.4 is 14.9 Å². The van der Waals surface area contributed by atoms with Gasteiger partial charge < -0.3 is 9.47 Å². The maximum Gasteiger partial charge on any atom is 0.271 e. The summed E-state index contributed by atoms with van der Waals surface area (Å²) in [5, 5.41) is 4.93. The first-order valence-corrected chi connectivity index (χ1v) is 7.99. The number of amides is 1. The number of hydrazone groups is 1. The van der Waals surface area contributed by atoms with Gasteiger partial charge in [-0.1, -0.05) is 40.9 Å². The second-order valence-corrected chi connectivity index (χ2v) is 6.09. The quantitative estimate of drug-likeness (QED) is 0.480. The van der Waals surface area contributed by atoms with Gasteiger partial charge in [0.15, 0.2) is 11.5 Å². The van der Waals surface area contributed by atoms with Crippen LogP contribution in [0.15, 0.2) is 35.4 Å². The highest BCUT2D eigenvalue weighted by atomic mass is 35.5. The molecule has 1 heterocycles. The van der Waals surface area contributed by atoms with Crippen LogP contribution in [0.5, 0.6) is 11.5 Å². The Morgan fingerprint density at radius 1 is 1.08 bits per heavy atom. The maximum atomic E-state index is 12.2. The van der Waals surface area contributed by atoms with Gasteiger partial charge in [0.25, 0.3) is 5.91 Å². The Balaban J connectivity index is 1.77. The van der Waals surface area contributed by atoms with Gasteiger partial charge in [-0.05, 0) is 31.2 Å². The number of fused-ring (bicyclic) bond motifs is 1. The summed E-state index contributed by atoms with van der Waals surface area (Å²) in [6.07, 6.45) is 0. The summed E-state index contributed by atoms with van der Waals surface area (Å²) in [5.74, 6) is 0.744. The first-order chi connectivity index (χ1) is 11.5. The van der Waals surface area contributed by atoms with Gasteiger partial charge in [0, 0.05) is 11.1 Å². The number of carbonyl (C=O) groups is 1. The van der Waals surface area contributed by atoms with Crippen LogP contribution in [-0.4, -0.2) is 18.4 Å². The van der Waals surface area contributed by atoms with E-state index in [-0.39, 0.29) is 22.7 Å². The van der Waals surface area contributed by atoms with Crippen LogP contribution in [0.25, 0.3) is 0 Å². The smallest absolute Gasteiger partial charge is 0.271 e. The molecule has 0 saturated heterocycles. The van der Waals surface area contributed by atoms with Crippen molar-refractivity contribution in [2.75, 3.05) is 6.79 Å². The molecule has 124 valence electrons. The zero-order valence-electron chi connectivity index (χ0n) is 12.4. The molecule has 0 aliphatic carbocycles. The lowest BCUT2D eigenvalue weighted by Crippen LogP contribution is -2.19. The number of halogens is 3. The molecule has 2 aromatic rings. The highest BCUT2D eigenvalue weighted by Gasteiger charge is 2.16. The number of ether oxygens (including phenoxy) is 2. The second kappa shape index (κ2) is 6.89. The minimum atomic E-state index is -0.385. The summed E-state index contributed by atoms with van der Waals surface area (Å²) < 4.78 is 10.4. The van der Waals surface area contributed by atoms with E-state index in [1.165, 1.54) is 0 Å². The van der Waals surface area contributed by atoms with E-state index in [2.05, 4.69) is 10.5 Å². The lowest BCUT2D eigenvalue weighted by molar-refractivity contribution is 0.0954. The fourth-order valence-corrected chi connectivity index (χ4v) is 2.77. The van der Waals surface area contributed by atoms with Crippen LogP contribution in [-0.2, 0) is 0 Å². The van der Waals surface area contributed by atoms with Crippen LogP contribution in [0.4, 0.5) is 0 Å². The Morgan fingerprint density at radius 3 is 2.62 bits per heavy atom. The largest absolute Gasteiger partial charge is 0.454 e. The first-order valence-electron chi connectivity index (χ1n) is 6.85. The van der Waals surface area contributed by atoms with Gasteiger partial charge in [0.1, 0.15) is 0 Å². The van der Waals surface area contributed by atoms with Crippen molar-refractivity contribution >= 4 is 46.4 Å². The first kappa shape index (κ1) is 16.9. The van der Waals surface area contributed by atoms with Gasteiger partial charge in [-0.25, -0.2) is 5.43 Å². The summed E-state index contributed by atoms with van der Waals surface area (Å²) >= 11 is 18.1. The van der Waals surface area contributed by atoms with Crippen molar-refractivity contribution in [1.82, 2.24) is 5.43 Å². The van der Waals surface area contributed by atoms with Crippen LogP contribution in [0, 0.1) is 0 Å². The third-order valence-corrected chi connectivity index (χ3v) is 4.68. The second-order valence-electron chi connectivity index (χ2n) is 4.93. The minimum absolute atomic E-state index is 0.146. The zero-order chi connectivity index (χ0) is 17.3. The van der Waals surface area contributed by atoms with E-state index in [4.69, 9.17) is 44.3 Å². The van der Waals surface area contributed by atoms with Gasteiger partial charge in [-0.2, -0.15) is 5.10 Å². The molecule has 1 N–H and O–H groups in total. The summed E-state index contributed by atoms with van der Waals surface area (Å²) in [4.78, 5) is 12.2. The van der Waals surface area contributed by atoms with Crippen LogP contribution >= 0.6 is 34.8 Å². The molecule has 0 bridgehead atoms. The molecule has 0 atom stereocenters. The molecule has 1 aliphatic heterocycles. The zero-order valence-corrected chi connectivity index (χ0v) is 14.7. The number of nitrogens with zero attached hydrogens (tertiary/aromatic N) is 1. The summed E-state index contributed by atoms with van der Waals surface area (Å²) in [5.41, 5.74) is 3.94. The molecule has 0 saturated carbocycles. The number of hydrogen-bond donors (Lipinski definition) is 1. The lowest BCUT2D eigenvalue weighted by Gasteiger charge is -2.07. The fraction of sp³-hybridized carbons (Fsp3) is 0.125. The van der Waals surface area contributed by atoms with Crippen molar-refractivity contribution in [3.8, 4) is 11.5 Å². The van der Waals surface area contributed by atoms with E-state index in [0.29, 0.717) is 33.4 Å². The summed E-state index contributed by atoms with van der Waals surface area (Å²) in [7, 11) is 0. The van der Waals surface area contributed by atoms with E-state index in [1.807, 2.05) is 0 Å². The molecule has 3 rings (SSSR count). The van der Waals surface area contributed by atoms with E-state index in [0.717, 1.165) is 0 Å². The number of benzene rings is 2. The molecule has 1 aliphatic rings. The van der Waals surface area contributed by atoms with Gasteiger partial charge >= 0.3 is 0 Å². The Bertz CT molecular complexity index is 853. The molecule has 0 fully saturated rings. The van der Waals surface area contributed by atoms with E-state index < -0.39 is 0 Å². The number of carbonyl (C=O) groups excluding carboxylic acids is 1. The molecule has 24 heavy (non-hydrogen) atoms. The van der Waals surface area contributed by atoms with E-state index in [9.17, 15) is 4.79 Å². The predicted molar refractivity (Wildman–Crippen MR) is 93.7 cm³/mol.